The molecule has 0 aliphatic carbocycles. The van der Waals surface area contributed by atoms with Gasteiger partial charge in [-0.2, -0.15) is 0 Å². The fraction of sp³-hybridized carbons (Fsp3) is 0.529. The standard InChI is InChI=1S/C17H24N2O4/c1-4-19-13-9-6-7-10-14(13)23-17(3,16(19)21)15(20)18-11-8-12-22-5-2/h6-7,9-10H,4-5,8,11-12H2,1-3H3,(H,18,20). The van der Waals surface area contributed by atoms with Gasteiger partial charge in [-0.15, -0.1) is 0 Å². The molecule has 1 unspecified atom stereocenters. The zero-order chi connectivity index (χ0) is 16.9. The van der Waals surface area contributed by atoms with Crippen LogP contribution in [0.4, 0.5) is 5.69 Å². The monoisotopic (exact) mass is 320 g/mol. The molecule has 0 saturated carbocycles. The number of anilines is 1. The van der Waals surface area contributed by atoms with Gasteiger partial charge in [-0.05, 0) is 39.3 Å². The van der Waals surface area contributed by atoms with Gasteiger partial charge in [0.05, 0.1) is 5.69 Å². The van der Waals surface area contributed by atoms with Crippen molar-refractivity contribution in [3.63, 3.8) is 0 Å². The SMILES string of the molecule is CCOCCCNC(=O)C1(C)Oc2ccccc2N(CC)C1=O. The second kappa shape index (κ2) is 7.46. The number of benzene rings is 1. The highest BCUT2D eigenvalue weighted by Gasteiger charge is 2.50. The summed E-state index contributed by atoms with van der Waals surface area (Å²) in [5.74, 6) is -0.228. The van der Waals surface area contributed by atoms with Crippen LogP contribution in [0.5, 0.6) is 5.75 Å². The third kappa shape index (κ3) is 3.47. The lowest BCUT2D eigenvalue weighted by atomic mass is 10.00. The Hall–Kier alpha value is -2.08. The molecule has 0 aromatic heterocycles. The molecule has 1 aliphatic rings. The summed E-state index contributed by atoms with van der Waals surface area (Å²) in [6, 6.07) is 7.25. The van der Waals surface area contributed by atoms with Gasteiger partial charge < -0.3 is 19.7 Å². The topological polar surface area (TPSA) is 67.9 Å². The van der Waals surface area contributed by atoms with Gasteiger partial charge in [0.1, 0.15) is 5.75 Å². The zero-order valence-corrected chi connectivity index (χ0v) is 13.9. The van der Waals surface area contributed by atoms with Gasteiger partial charge in [0.15, 0.2) is 0 Å². The maximum Gasteiger partial charge on any atom is 0.280 e. The van der Waals surface area contributed by atoms with Gasteiger partial charge in [0, 0.05) is 26.3 Å². The first kappa shape index (κ1) is 17.3. The Morgan fingerprint density at radius 3 is 2.78 bits per heavy atom. The van der Waals surface area contributed by atoms with E-state index in [0.717, 1.165) is 0 Å². The smallest absolute Gasteiger partial charge is 0.280 e. The summed E-state index contributed by atoms with van der Waals surface area (Å²) in [4.78, 5) is 26.8. The van der Waals surface area contributed by atoms with E-state index in [9.17, 15) is 9.59 Å². The van der Waals surface area contributed by atoms with Crippen molar-refractivity contribution in [2.75, 3.05) is 31.2 Å². The van der Waals surface area contributed by atoms with Crippen molar-refractivity contribution < 1.29 is 19.1 Å². The molecule has 0 bridgehead atoms. The lowest BCUT2D eigenvalue weighted by molar-refractivity contribution is -0.148. The molecule has 0 radical (unpaired) electrons. The largest absolute Gasteiger partial charge is 0.466 e. The number of nitrogens with zero attached hydrogens (tertiary/aromatic N) is 1. The number of fused-ring (bicyclic) bond motifs is 1. The second-order valence-corrected chi connectivity index (χ2v) is 5.46. The third-order valence-corrected chi connectivity index (χ3v) is 3.83. The minimum atomic E-state index is -1.55. The molecular formula is C17H24N2O4. The number of nitrogens with one attached hydrogen (secondary N) is 1. The molecule has 1 aliphatic heterocycles. The molecule has 126 valence electrons. The molecule has 1 heterocycles. The van der Waals surface area contributed by atoms with Crippen LogP contribution in [0, 0.1) is 0 Å². The number of carbonyl (C=O) groups is 2. The molecular weight excluding hydrogens is 296 g/mol. The predicted molar refractivity (Wildman–Crippen MR) is 87.6 cm³/mol. The Balaban J connectivity index is 2.11. The molecule has 2 amide bonds. The first-order valence-corrected chi connectivity index (χ1v) is 8.00. The summed E-state index contributed by atoms with van der Waals surface area (Å²) in [5, 5.41) is 2.77. The summed E-state index contributed by atoms with van der Waals surface area (Å²) in [6.07, 6.45) is 0.692. The van der Waals surface area contributed by atoms with Crippen LogP contribution in [-0.2, 0) is 14.3 Å². The van der Waals surface area contributed by atoms with Gasteiger partial charge in [-0.1, -0.05) is 12.1 Å². The Kier molecular flexibility index (Phi) is 5.60. The Morgan fingerprint density at radius 2 is 2.09 bits per heavy atom. The van der Waals surface area contributed by atoms with Crippen LogP contribution < -0.4 is 15.0 Å². The fourth-order valence-corrected chi connectivity index (χ4v) is 2.54. The number of carbonyl (C=O) groups excluding carboxylic acids is 2. The summed E-state index contributed by atoms with van der Waals surface area (Å²) < 4.78 is 11.0. The minimum absolute atomic E-state index is 0.346. The van der Waals surface area contributed by atoms with Gasteiger partial charge in [-0.25, -0.2) is 0 Å². The lowest BCUT2D eigenvalue weighted by Gasteiger charge is -2.39. The van der Waals surface area contributed by atoms with E-state index >= 15 is 0 Å². The normalized spacial score (nSPS) is 20.0. The molecule has 23 heavy (non-hydrogen) atoms. The van der Waals surface area contributed by atoms with Gasteiger partial charge in [0.2, 0.25) is 0 Å². The zero-order valence-electron chi connectivity index (χ0n) is 13.9. The first-order chi connectivity index (χ1) is 11.0. The number of ether oxygens (including phenoxy) is 2. The second-order valence-electron chi connectivity index (χ2n) is 5.46. The van der Waals surface area contributed by atoms with Crippen LogP contribution in [0.15, 0.2) is 24.3 Å². The molecule has 0 fully saturated rings. The molecule has 2 rings (SSSR count). The van der Waals surface area contributed by atoms with Crippen molar-refractivity contribution in [3.05, 3.63) is 24.3 Å². The van der Waals surface area contributed by atoms with Crippen molar-refractivity contribution in [1.82, 2.24) is 5.32 Å². The van der Waals surface area contributed by atoms with Crippen LogP contribution in [0.2, 0.25) is 0 Å². The maximum absolute atomic E-state index is 12.7. The number of amides is 2. The van der Waals surface area contributed by atoms with E-state index < -0.39 is 11.5 Å². The number of hydrogen-bond donors (Lipinski definition) is 1. The van der Waals surface area contributed by atoms with E-state index in [-0.39, 0.29) is 5.91 Å². The highest BCUT2D eigenvalue weighted by atomic mass is 16.5. The highest BCUT2D eigenvalue weighted by Crippen LogP contribution is 2.37. The highest BCUT2D eigenvalue weighted by molar-refractivity contribution is 6.16. The van der Waals surface area contributed by atoms with E-state index in [2.05, 4.69) is 5.32 Å². The molecule has 1 N–H and O–H groups in total. The van der Waals surface area contributed by atoms with E-state index in [1.54, 1.807) is 11.0 Å². The van der Waals surface area contributed by atoms with Gasteiger partial charge in [-0.3, -0.25) is 9.59 Å². The summed E-state index contributed by atoms with van der Waals surface area (Å²) in [5.41, 5.74) is -0.850. The molecule has 6 heteroatoms. The Morgan fingerprint density at radius 1 is 1.35 bits per heavy atom. The molecule has 6 nitrogen and oxygen atoms in total. The summed E-state index contributed by atoms with van der Waals surface area (Å²) >= 11 is 0. The molecule has 1 atom stereocenters. The number of likely N-dealkylation sites (N-methyl/N-ethyl adjacent to an activating group) is 1. The van der Waals surface area contributed by atoms with E-state index in [0.29, 0.717) is 44.2 Å². The summed E-state index contributed by atoms with van der Waals surface area (Å²) in [7, 11) is 0. The minimum Gasteiger partial charge on any atom is -0.466 e. The van der Waals surface area contributed by atoms with E-state index in [4.69, 9.17) is 9.47 Å². The fourth-order valence-electron chi connectivity index (χ4n) is 2.54. The van der Waals surface area contributed by atoms with Crippen molar-refractivity contribution in [2.45, 2.75) is 32.8 Å². The molecule has 0 spiro atoms. The average Bonchev–Trinajstić information content (AvgIpc) is 2.55. The quantitative estimate of drug-likeness (QED) is 0.614. The van der Waals surface area contributed by atoms with E-state index in [1.165, 1.54) is 6.92 Å². The van der Waals surface area contributed by atoms with Crippen molar-refractivity contribution in [3.8, 4) is 5.75 Å². The van der Waals surface area contributed by atoms with Gasteiger partial charge in [0.25, 0.3) is 17.4 Å². The van der Waals surface area contributed by atoms with Crippen molar-refractivity contribution in [2.24, 2.45) is 0 Å². The maximum atomic E-state index is 12.7. The Bertz CT molecular complexity index is 575. The average molecular weight is 320 g/mol. The molecule has 1 aromatic carbocycles. The van der Waals surface area contributed by atoms with Crippen LogP contribution in [0.25, 0.3) is 0 Å². The third-order valence-electron chi connectivity index (χ3n) is 3.83. The van der Waals surface area contributed by atoms with Crippen molar-refractivity contribution >= 4 is 17.5 Å². The number of hydrogen-bond acceptors (Lipinski definition) is 4. The predicted octanol–water partition coefficient (Wildman–Crippen LogP) is 1.73. The lowest BCUT2D eigenvalue weighted by Crippen LogP contribution is -2.62. The Labute approximate surface area is 136 Å². The van der Waals surface area contributed by atoms with E-state index in [1.807, 2.05) is 32.0 Å². The molecule has 1 aromatic rings. The van der Waals surface area contributed by atoms with Crippen LogP contribution in [0.1, 0.15) is 27.2 Å². The van der Waals surface area contributed by atoms with Gasteiger partial charge >= 0.3 is 0 Å². The summed E-state index contributed by atoms with van der Waals surface area (Å²) in [6.45, 7) is 7.46. The van der Waals surface area contributed by atoms with Crippen LogP contribution in [0.3, 0.4) is 0 Å². The number of rotatable bonds is 7. The molecule has 0 saturated heterocycles. The van der Waals surface area contributed by atoms with Crippen molar-refractivity contribution in [1.29, 1.82) is 0 Å². The van der Waals surface area contributed by atoms with Crippen LogP contribution >= 0.6 is 0 Å². The first-order valence-electron chi connectivity index (χ1n) is 8.00. The van der Waals surface area contributed by atoms with Crippen LogP contribution in [-0.4, -0.2) is 43.7 Å². The number of para-hydroxylation sites is 2.